The van der Waals surface area contributed by atoms with Crippen LogP contribution >= 0.6 is 0 Å². The van der Waals surface area contributed by atoms with Crippen LogP contribution in [-0.2, 0) is 9.53 Å². The minimum absolute atomic E-state index is 0.0479. The summed E-state index contributed by atoms with van der Waals surface area (Å²) in [7, 11) is 1.65. The van der Waals surface area contributed by atoms with Crippen molar-refractivity contribution >= 4 is 11.9 Å². The number of ether oxygens (including phenoxy) is 4. The number of carboxylic acid groups (broad SMARTS) is 1. The summed E-state index contributed by atoms with van der Waals surface area (Å²) in [6.45, 7) is 4.82. The molecule has 0 aliphatic carbocycles. The smallest absolute Gasteiger partial charge is 0.341 e. The number of fused-ring (bicyclic) bond motifs is 4. The van der Waals surface area contributed by atoms with Crippen LogP contribution in [0.15, 0.2) is 42.5 Å². The first-order valence-electron chi connectivity index (χ1n) is 12.0. The van der Waals surface area contributed by atoms with Gasteiger partial charge in [-0.3, -0.25) is 4.79 Å². The second-order valence-corrected chi connectivity index (χ2v) is 10.00. The molecule has 0 spiro atoms. The Balaban J connectivity index is 1.35. The number of benzene rings is 2. The Kier molecular flexibility index (Phi) is 6.09. The van der Waals surface area contributed by atoms with Crippen LogP contribution in [0.5, 0.6) is 17.2 Å². The first-order chi connectivity index (χ1) is 16.8. The minimum Gasteiger partial charge on any atom is -0.493 e. The van der Waals surface area contributed by atoms with Gasteiger partial charge in [0, 0.05) is 30.5 Å². The minimum atomic E-state index is -1.08. The number of nitrogens with zero attached hydrogens (tertiary/aromatic N) is 1. The lowest BCUT2D eigenvalue weighted by Crippen LogP contribution is -2.56. The van der Waals surface area contributed by atoms with E-state index < -0.39 is 18.2 Å². The third-order valence-corrected chi connectivity index (χ3v) is 7.46. The molecule has 3 heterocycles. The molecule has 1 amide bonds. The molecule has 2 aromatic rings. The summed E-state index contributed by atoms with van der Waals surface area (Å²) in [4.78, 5) is 26.2. The van der Waals surface area contributed by atoms with E-state index in [4.69, 9.17) is 24.1 Å². The molecule has 186 valence electrons. The standard InChI is InChI=1S/C27H31NO7/c1-27(2)19-13-16-14-28(26(31)17-7-4-5-9-21(17)33-15-23(29)30)12-11-20(16)34-24(19)18-8-6-10-22(32-3)25(18)35-27/h4-10,16,19-20,24H,11-15H2,1-3H3,(H,29,30)/t16-,19+,20+,24-/m0/s1. The monoisotopic (exact) mass is 481 g/mol. The molecule has 35 heavy (non-hydrogen) atoms. The highest BCUT2D eigenvalue weighted by atomic mass is 16.5. The lowest BCUT2D eigenvalue weighted by Gasteiger charge is -2.53. The Hall–Kier alpha value is -3.26. The van der Waals surface area contributed by atoms with Gasteiger partial charge in [-0.1, -0.05) is 24.3 Å². The maximum Gasteiger partial charge on any atom is 0.341 e. The third kappa shape index (κ3) is 4.31. The topological polar surface area (TPSA) is 94.5 Å². The summed E-state index contributed by atoms with van der Waals surface area (Å²) in [5.74, 6) is 0.823. The highest BCUT2D eigenvalue weighted by Gasteiger charge is 2.52. The van der Waals surface area contributed by atoms with Gasteiger partial charge in [-0.25, -0.2) is 4.79 Å². The van der Waals surface area contributed by atoms with Crippen molar-refractivity contribution < 1.29 is 33.6 Å². The molecule has 0 aromatic heterocycles. The van der Waals surface area contributed by atoms with Gasteiger partial charge in [0.15, 0.2) is 18.1 Å². The van der Waals surface area contributed by atoms with Crippen LogP contribution in [0, 0.1) is 11.8 Å². The molecular formula is C27H31NO7. The highest BCUT2D eigenvalue weighted by Crippen LogP contribution is 2.55. The Morgan fingerprint density at radius 3 is 2.69 bits per heavy atom. The van der Waals surface area contributed by atoms with Crippen LogP contribution in [0.1, 0.15) is 48.7 Å². The molecule has 0 radical (unpaired) electrons. The van der Waals surface area contributed by atoms with Gasteiger partial charge < -0.3 is 29.0 Å². The predicted octanol–water partition coefficient (Wildman–Crippen LogP) is 3.94. The van der Waals surface area contributed by atoms with Crippen molar-refractivity contribution in [1.29, 1.82) is 0 Å². The van der Waals surface area contributed by atoms with Crippen molar-refractivity contribution in [3.05, 3.63) is 53.6 Å². The van der Waals surface area contributed by atoms with Gasteiger partial charge in [0.2, 0.25) is 0 Å². The van der Waals surface area contributed by atoms with Crippen LogP contribution in [-0.4, -0.2) is 60.4 Å². The number of para-hydroxylation sites is 2. The number of carbonyl (C=O) groups excluding carboxylic acids is 1. The number of aliphatic carboxylic acids is 1. The molecule has 8 nitrogen and oxygen atoms in total. The number of carboxylic acids is 1. The van der Waals surface area contributed by atoms with E-state index in [1.807, 2.05) is 17.0 Å². The molecule has 0 saturated carbocycles. The number of hydrogen-bond acceptors (Lipinski definition) is 6. The molecule has 1 N–H and O–H groups in total. The van der Waals surface area contributed by atoms with E-state index in [9.17, 15) is 9.59 Å². The largest absolute Gasteiger partial charge is 0.493 e. The number of amides is 1. The van der Waals surface area contributed by atoms with Crippen molar-refractivity contribution in [2.45, 2.75) is 44.5 Å². The van der Waals surface area contributed by atoms with E-state index in [1.54, 1.807) is 31.4 Å². The van der Waals surface area contributed by atoms with Gasteiger partial charge in [0.05, 0.1) is 24.9 Å². The molecule has 4 atom stereocenters. The zero-order chi connectivity index (χ0) is 24.7. The lowest BCUT2D eigenvalue weighted by atomic mass is 9.70. The molecular weight excluding hydrogens is 450 g/mol. The summed E-state index contributed by atoms with van der Waals surface area (Å²) in [6, 6.07) is 12.7. The van der Waals surface area contributed by atoms with E-state index in [0.29, 0.717) is 24.4 Å². The van der Waals surface area contributed by atoms with E-state index >= 15 is 0 Å². The van der Waals surface area contributed by atoms with Gasteiger partial charge in [-0.15, -0.1) is 0 Å². The van der Waals surface area contributed by atoms with Crippen LogP contribution in [0.4, 0.5) is 0 Å². The molecule has 0 unspecified atom stereocenters. The number of rotatable bonds is 5. The number of hydrogen-bond donors (Lipinski definition) is 1. The van der Waals surface area contributed by atoms with Gasteiger partial charge in [0.25, 0.3) is 5.91 Å². The molecule has 2 aromatic carbocycles. The van der Waals surface area contributed by atoms with Crippen LogP contribution < -0.4 is 14.2 Å². The summed E-state index contributed by atoms with van der Waals surface area (Å²) in [6.07, 6.45) is 1.57. The van der Waals surface area contributed by atoms with Crippen molar-refractivity contribution in [2.24, 2.45) is 11.8 Å². The molecule has 2 saturated heterocycles. The van der Waals surface area contributed by atoms with Crippen LogP contribution in [0.3, 0.4) is 0 Å². The zero-order valence-corrected chi connectivity index (χ0v) is 20.2. The Morgan fingerprint density at radius 2 is 1.91 bits per heavy atom. The average molecular weight is 482 g/mol. The number of likely N-dealkylation sites (tertiary alicyclic amines) is 1. The fourth-order valence-electron chi connectivity index (χ4n) is 5.72. The fraction of sp³-hybridized carbons (Fsp3) is 0.481. The van der Waals surface area contributed by atoms with E-state index in [2.05, 4.69) is 19.9 Å². The Morgan fingerprint density at radius 1 is 1.14 bits per heavy atom. The molecule has 5 rings (SSSR count). The maximum absolute atomic E-state index is 13.4. The van der Waals surface area contributed by atoms with Crippen molar-refractivity contribution in [1.82, 2.24) is 4.90 Å². The summed E-state index contributed by atoms with van der Waals surface area (Å²) in [5.41, 5.74) is 0.945. The van der Waals surface area contributed by atoms with Crippen molar-refractivity contribution in [2.75, 3.05) is 26.8 Å². The van der Waals surface area contributed by atoms with E-state index in [-0.39, 0.29) is 35.7 Å². The quantitative estimate of drug-likeness (QED) is 0.691. The first kappa shape index (κ1) is 23.5. The normalized spacial score (nSPS) is 26.4. The summed E-state index contributed by atoms with van der Waals surface area (Å²) >= 11 is 0. The van der Waals surface area contributed by atoms with Crippen molar-refractivity contribution in [3.63, 3.8) is 0 Å². The molecule has 0 bridgehead atoms. The van der Waals surface area contributed by atoms with Gasteiger partial charge in [-0.2, -0.15) is 0 Å². The van der Waals surface area contributed by atoms with E-state index in [0.717, 1.165) is 24.2 Å². The number of carbonyl (C=O) groups is 2. The predicted molar refractivity (Wildman–Crippen MR) is 127 cm³/mol. The van der Waals surface area contributed by atoms with Crippen LogP contribution in [0.2, 0.25) is 0 Å². The Bertz CT molecular complexity index is 1130. The second kappa shape index (κ2) is 9.07. The van der Waals surface area contributed by atoms with Crippen LogP contribution in [0.25, 0.3) is 0 Å². The lowest BCUT2D eigenvalue weighted by molar-refractivity contribution is -0.184. The SMILES string of the molecule is COc1cccc2c1OC(C)(C)[C@@H]1C[C@H]3CN(C(=O)c4ccccc4OCC(=O)O)CC[C@H]3O[C@@H]21. The molecule has 2 fully saturated rings. The van der Waals surface area contributed by atoms with Gasteiger partial charge >= 0.3 is 5.97 Å². The summed E-state index contributed by atoms with van der Waals surface area (Å²) < 4.78 is 24.1. The first-order valence-corrected chi connectivity index (χ1v) is 12.0. The third-order valence-electron chi connectivity index (χ3n) is 7.46. The molecule has 3 aliphatic heterocycles. The zero-order valence-electron chi connectivity index (χ0n) is 20.2. The van der Waals surface area contributed by atoms with Gasteiger partial charge in [0.1, 0.15) is 11.4 Å². The molecule has 3 aliphatic rings. The number of piperidine rings is 1. The average Bonchev–Trinajstić information content (AvgIpc) is 2.85. The number of methoxy groups -OCH3 is 1. The van der Waals surface area contributed by atoms with E-state index in [1.165, 1.54) is 0 Å². The summed E-state index contributed by atoms with van der Waals surface area (Å²) in [5, 5.41) is 8.96. The maximum atomic E-state index is 13.4. The highest BCUT2D eigenvalue weighted by molar-refractivity contribution is 5.97. The Labute approximate surface area is 204 Å². The fourth-order valence-corrected chi connectivity index (χ4v) is 5.72. The van der Waals surface area contributed by atoms with Crippen molar-refractivity contribution in [3.8, 4) is 17.2 Å². The molecule has 8 heteroatoms. The second-order valence-electron chi connectivity index (χ2n) is 10.00. The van der Waals surface area contributed by atoms with Gasteiger partial charge in [-0.05, 0) is 44.9 Å².